The number of rotatable bonds is 3. The zero-order chi connectivity index (χ0) is 8.97. The predicted octanol–water partition coefficient (Wildman–Crippen LogP) is 1.94. The number of morpholine rings is 1. The molecule has 12 heavy (non-hydrogen) atoms. The Labute approximate surface area is 84.4 Å². The Morgan fingerprint density at radius 3 is 2.42 bits per heavy atom. The quantitative estimate of drug-likeness (QED) is 0.700. The summed E-state index contributed by atoms with van der Waals surface area (Å²) in [7, 11) is 0. The first-order valence-corrected chi connectivity index (χ1v) is 5.74. The summed E-state index contributed by atoms with van der Waals surface area (Å²) in [4.78, 5) is 2.43. The van der Waals surface area contributed by atoms with Gasteiger partial charge in [-0.05, 0) is 13.8 Å². The highest BCUT2D eigenvalue weighted by Crippen LogP contribution is 2.23. The third-order valence-corrected chi connectivity index (χ3v) is 3.36. The summed E-state index contributed by atoms with van der Waals surface area (Å²) >= 11 is 6.98. The van der Waals surface area contributed by atoms with Crippen molar-refractivity contribution >= 4 is 24.4 Å². The fourth-order valence-electron chi connectivity index (χ4n) is 1.30. The molecule has 0 aromatic carbocycles. The minimum Gasteiger partial charge on any atom is -0.379 e. The van der Waals surface area contributed by atoms with Crippen molar-refractivity contribution in [3.05, 3.63) is 0 Å². The SMILES string of the molecule is CC([S])SC(C)N1CCOCC1. The van der Waals surface area contributed by atoms with Crippen LogP contribution in [-0.4, -0.2) is 41.2 Å². The van der Waals surface area contributed by atoms with Crippen molar-refractivity contribution in [3.8, 4) is 0 Å². The Kier molecular flexibility index (Phi) is 4.79. The molecule has 1 heterocycles. The van der Waals surface area contributed by atoms with Gasteiger partial charge in [0.25, 0.3) is 0 Å². The largest absolute Gasteiger partial charge is 0.379 e. The van der Waals surface area contributed by atoms with Gasteiger partial charge in [-0.1, -0.05) is 12.6 Å². The highest BCUT2D eigenvalue weighted by molar-refractivity contribution is 8.10. The molecule has 0 aromatic heterocycles. The lowest BCUT2D eigenvalue weighted by atomic mass is 10.4. The molecule has 1 fully saturated rings. The van der Waals surface area contributed by atoms with Gasteiger partial charge in [0.1, 0.15) is 0 Å². The van der Waals surface area contributed by atoms with Gasteiger partial charge in [-0.3, -0.25) is 4.90 Å². The van der Waals surface area contributed by atoms with Crippen molar-refractivity contribution in [1.82, 2.24) is 4.90 Å². The van der Waals surface area contributed by atoms with E-state index >= 15 is 0 Å². The third-order valence-electron chi connectivity index (χ3n) is 1.95. The Morgan fingerprint density at radius 2 is 1.92 bits per heavy atom. The van der Waals surface area contributed by atoms with Gasteiger partial charge in [-0.25, -0.2) is 0 Å². The van der Waals surface area contributed by atoms with Gasteiger partial charge in [0.15, 0.2) is 0 Å². The van der Waals surface area contributed by atoms with Crippen molar-refractivity contribution in [2.24, 2.45) is 0 Å². The number of nitrogens with zero attached hydrogens (tertiary/aromatic N) is 1. The van der Waals surface area contributed by atoms with Crippen LogP contribution in [0.1, 0.15) is 13.8 Å². The van der Waals surface area contributed by atoms with Gasteiger partial charge in [0.2, 0.25) is 0 Å². The normalized spacial score (nSPS) is 25.2. The van der Waals surface area contributed by atoms with Crippen molar-refractivity contribution in [2.75, 3.05) is 26.3 Å². The fraction of sp³-hybridized carbons (Fsp3) is 1.00. The standard InChI is InChI=1S/C8H16NOS2/c1-7(12-8(2)11)9-3-5-10-6-4-9/h7-8H,3-6H2,1-2H3. The molecule has 2 nitrogen and oxygen atoms in total. The second-order valence-electron chi connectivity index (χ2n) is 2.95. The van der Waals surface area contributed by atoms with Crippen LogP contribution in [0.15, 0.2) is 0 Å². The summed E-state index contributed by atoms with van der Waals surface area (Å²) in [6.07, 6.45) is 0. The van der Waals surface area contributed by atoms with Crippen LogP contribution < -0.4 is 0 Å². The lowest BCUT2D eigenvalue weighted by Crippen LogP contribution is -2.41. The first kappa shape index (κ1) is 10.7. The van der Waals surface area contributed by atoms with Crippen LogP contribution in [0.5, 0.6) is 0 Å². The van der Waals surface area contributed by atoms with E-state index in [9.17, 15) is 0 Å². The van der Waals surface area contributed by atoms with Crippen LogP contribution in [0.3, 0.4) is 0 Å². The molecule has 0 amide bonds. The van der Waals surface area contributed by atoms with Crippen LogP contribution in [0, 0.1) is 0 Å². The van der Waals surface area contributed by atoms with Crippen LogP contribution in [0.25, 0.3) is 0 Å². The maximum absolute atomic E-state index is 5.28. The average molecular weight is 206 g/mol. The third kappa shape index (κ3) is 3.56. The molecule has 4 heteroatoms. The van der Waals surface area contributed by atoms with E-state index in [1.807, 2.05) is 11.8 Å². The van der Waals surface area contributed by atoms with Crippen molar-refractivity contribution in [1.29, 1.82) is 0 Å². The Balaban J connectivity index is 2.24. The molecule has 0 bridgehead atoms. The number of thioether (sulfide) groups is 1. The second-order valence-corrected chi connectivity index (χ2v) is 5.62. The molecule has 0 aromatic rings. The molecule has 1 saturated heterocycles. The van der Waals surface area contributed by atoms with E-state index in [0.29, 0.717) is 9.96 Å². The molecular formula is C8H16NOS2. The molecule has 1 rings (SSSR count). The van der Waals surface area contributed by atoms with E-state index < -0.39 is 0 Å². The first-order chi connectivity index (χ1) is 5.70. The van der Waals surface area contributed by atoms with E-state index in [4.69, 9.17) is 17.4 Å². The monoisotopic (exact) mass is 206 g/mol. The molecule has 2 atom stereocenters. The Hall–Kier alpha value is 0.620. The van der Waals surface area contributed by atoms with Crippen molar-refractivity contribution < 1.29 is 4.74 Å². The molecule has 0 N–H and O–H groups in total. The second kappa shape index (κ2) is 5.37. The van der Waals surface area contributed by atoms with Crippen LogP contribution in [-0.2, 0) is 4.74 Å². The summed E-state index contributed by atoms with van der Waals surface area (Å²) < 4.78 is 5.59. The van der Waals surface area contributed by atoms with Crippen LogP contribution in [0.4, 0.5) is 0 Å². The Bertz CT molecular complexity index is 126. The predicted molar refractivity (Wildman–Crippen MR) is 56.5 cm³/mol. The molecule has 71 valence electrons. The smallest absolute Gasteiger partial charge is 0.0594 e. The molecule has 1 aliphatic heterocycles. The molecule has 0 saturated carbocycles. The molecular weight excluding hydrogens is 190 g/mol. The minimum absolute atomic E-state index is 0.308. The first-order valence-electron chi connectivity index (χ1n) is 4.33. The van der Waals surface area contributed by atoms with Gasteiger partial charge in [-0.2, -0.15) is 0 Å². The maximum Gasteiger partial charge on any atom is 0.0594 e. The highest BCUT2D eigenvalue weighted by Gasteiger charge is 2.18. The lowest BCUT2D eigenvalue weighted by molar-refractivity contribution is 0.0351. The van der Waals surface area contributed by atoms with E-state index in [1.165, 1.54) is 0 Å². The van der Waals surface area contributed by atoms with E-state index in [0.717, 1.165) is 26.3 Å². The summed E-state index contributed by atoms with van der Waals surface area (Å²) in [5, 5.41) is 0.543. The van der Waals surface area contributed by atoms with Crippen molar-refractivity contribution in [2.45, 2.75) is 23.8 Å². The van der Waals surface area contributed by atoms with Gasteiger partial charge >= 0.3 is 0 Å². The highest BCUT2D eigenvalue weighted by atomic mass is 32.2. The summed E-state index contributed by atoms with van der Waals surface area (Å²) in [5.41, 5.74) is 0. The molecule has 0 spiro atoms. The summed E-state index contributed by atoms with van der Waals surface area (Å²) in [6.45, 7) is 8.13. The van der Waals surface area contributed by atoms with E-state index in [1.54, 1.807) is 0 Å². The fourth-order valence-corrected chi connectivity index (χ4v) is 2.72. The van der Waals surface area contributed by atoms with Gasteiger partial charge in [-0.15, -0.1) is 11.8 Å². The maximum atomic E-state index is 5.28. The zero-order valence-electron chi connectivity index (χ0n) is 7.66. The zero-order valence-corrected chi connectivity index (χ0v) is 9.29. The number of hydrogen-bond donors (Lipinski definition) is 0. The van der Waals surface area contributed by atoms with E-state index in [-0.39, 0.29) is 0 Å². The van der Waals surface area contributed by atoms with Gasteiger partial charge in [0.05, 0.1) is 23.2 Å². The summed E-state index contributed by atoms with van der Waals surface area (Å²) in [5.74, 6) is 0. The molecule has 2 unspecified atom stereocenters. The lowest BCUT2D eigenvalue weighted by Gasteiger charge is -2.32. The average Bonchev–Trinajstić information content (AvgIpc) is 2.05. The number of hydrogen-bond acceptors (Lipinski definition) is 3. The Morgan fingerprint density at radius 1 is 1.33 bits per heavy atom. The topological polar surface area (TPSA) is 12.5 Å². The number of ether oxygens (including phenoxy) is 1. The van der Waals surface area contributed by atoms with Gasteiger partial charge < -0.3 is 4.74 Å². The van der Waals surface area contributed by atoms with Crippen molar-refractivity contribution in [3.63, 3.8) is 0 Å². The minimum atomic E-state index is 0.308. The van der Waals surface area contributed by atoms with Crippen LogP contribution >= 0.6 is 24.4 Å². The summed E-state index contributed by atoms with van der Waals surface area (Å²) in [6, 6.07) is 0. The van der Waals surface area contributed by atoms with E-state index in [2.05, 4.69) is 18.7 Å². The molecule has 0 aliphatic carbocycles. The molecule has 1 radical (unpaired) electrons. The molecule has 1 aliphatic rings. The van der Waals surface area contributed by atoms with Gasteiger partial charge in [0, 0.05) is 13.1 Å². The van der Waals surface area contributed by atoms with Crippen LogP contribution in [0.2, 0.25) is 0 Å².